The van der Waals surface area contributed by atoms with Gasteiger partial charge in [-0.25, -0.2) is 9.37 Å². The Bertz CT molecular complexity index is 513. The van der Waals surface area contributed by atoms with Crippen LogP contribution in [0.3, 0.4) is 0 Å². The van der Waals surface area contributed by atoms with E-state index in [4.69, 9.17) is 9.47 Å². The molecule has 0 radical (unpaired) electrons. The van der Waals surface area contributed by atoms with Crippen LogP contribution in [0.25, 0.3) is 0 Å². The Morgan fingerprint density at radius 3 is 2.71 bits per heavy atom. The molecule has 0 aliphatic carbocycles. The van der Waals surface area contributed by atoms with Crippen molar-refractivity contribution in [3.63, 3.8) is 0 Å². The van der Waals surface area contributed by atoms with E-state index >= 15 is 0 Å². The van der Waals surface area contributed by atoms with Crippen molar-refractivity contribution in [1.29, 1.82) is 0 Å². The van der Waals surface area contributed by atoms with Crippen LogP contribution in [-0.4, -0.2) is 12.1 Å². The number of methoxy groups -OCH3 is 1. The minimum Gasteiger partial charge on any atom is -0.481 e. The third-order valence-electron chi connectivity index (χ3n) is 1.99. The molecule has 0 saturated carbocycles. The highest BCUT2D eigenvalue weighted by Gasteiger charge is 2.03. The van der Waals surface area contributed by atoms with Crippen LogP contribution >= 0.6 is 15.9 Å². The van der Waals surface area contributed by atoms with Gasteiger partial charge in [0.1, 0.15) is 17.3 Å². The van der Waals surface area contributed by atoms with E-state index in [-0.39, 0.29) is 5.82 Å². The van der Waals surface area contributed by atoms with Gasteiger partial charge in [0.05, 0.1) is 7.11 Å². The van der Waals surface area contributed by atoms with Crippen molar-refractivity contribution < 1.29 is 13.9 Å². The van der Waals surface area contributed by atoms with Crippen molar-refractivity contribution >= 4 is 15.9 Å². The molecule has 2 aromatic rings. The fourth-order valence-corrected chi connectivity index (χ4v) is 1.73. The van der Waals surface area contributed by atoms with Crippen LogP contribution in [0.1, 0.15) is 0 Å². The fourth-order valence-electron chi connectivity index (χ4n) is 1.29. The van der Waals surface area contributed by atoms with Gasteiger partial charge in [-0.3, -0.25) is 0 Å². The molecule has 0 unspecified atom stereocenters. The largest absolute Gasteiger partial charge is 0.481 e. The molecule has 3 nitrogen and oxygen atoms in total. The normalized spacial score (nSPS) is 10.1. The van der Waals surface area contributed by atoms with E-state index < -0.39 is 0 Å². The van der Waals surface area contributed by atoms with Crippen LogP contribution in [0.4, 0.5) is 4.39 Å². The standard InChI is InChI=1S/C12H9BrFNO2/c1-16-12-7-10(2-3-15-12)17-11-5-8(13)4-9(14)6-11/h2-7H,1H3. The molecule has 0 amide bonds. The Morgan fingerprint density at radius 2 is 2.00 bits per heavy atom. The van der Waals surface area contributed by atoms with E-state index in [0.29, 0.717) is 21.9 Å². The molecular formula is C12H9BrFNO2. The highest BCUT2D eigenvalue weighted by atomic mass is 79.9. The first kappa shape index (κ1) is 11.9. The molecule has 0 aliphatic rings. The van der Waals surface area contributed by atoms with Crippen molar-refractivity contribution in [3.05, 3.63) is 46.8 Å². The Kier molecular flexibility index (Phi) is 3.58. The molecule has 88 valence electrons. The van der Waals surface area contributed by atoms with E-state index in [9.17, 15) is 4.39 Å². The van der Waals surface area contributed by atoms with Gasteiger partial charge in [0.15, 0.2) is 0 Å². The molecule has 0 atom stereocenters. The quantitative estimate of drug-likeness (QED) is 0.864. The zero-order valence-electron chi connectivity index (χ0n) is 8.98. The summed E-state index contributed by atoms with van der Waals surface area (Å²) >= 11 is 3.20. The lowest BCUT2D eigenvalue weighted by Crippen LogP contribution is -1.89. The molecule has 0 aliphatic heterocycles. The summed E-state index contributed by atoms with van der Waals surface area (Å²) in [6.45, 7) is 0. The van der Waals surface area contributed by atoms with E-state index in [1.807, 2.05) is 0 Å². The maximum atomic E-state index is 13.1. The van der Waals surface area contributed by atoms with E-state index in [2.05, 4.69) is 20.9 Å². The monoisotopic (exact) mass is 297 g/mol. The molecule has 0 N–H and O–H groups in total. The predicted octanol–water partition coefficient (Wildman–Crippen LogP) is 3.78. The van der Waals surface area contributed by atoms with Gasteiger partial charge in [-0.1, -0.05) is 15.9 Å². The number of ether oxygens (including phenoxy) is 2. The summed E-state index contributed by atoms with van der Waals surface area (Å²) in [6.07, 6.45) is 1.56. The Morgan fingerprint density at radius 1 is 1.18 bits per heavy atom. The summed E-state index contributed by atoms with van der Waals surface area (Å²) < 4.78 is 24.2. The number of halogens is 2. The molecule has 0 spiro atoms. The van der Waals surface area contributed by atoms with Gasteiger partial charge in [0.25, 0.3) is 0 Å². The second-order valence-electron chi connectivity index (χ2n) is 3.24. The maximum absolute atomic E-state index is 13.1. The van der Waals surface area contributed by atoms with Gasteiger partial charge in [0, 0.05) is 22.8 Å². The van der Waals surface area contributed by atoms with Crippen molar-refractivity contribution in [2.24, 2.45) is 0 Å². The number of hydrogen-bond acceptors (Lipinski definition) is 3. The lowest BCUT2D eigenvalue weighted by Gasteiger charge is -2.07. The Hall–Kier alpha value is -1.62. The van der Waals surface area contributed by atoms with Gasteiger partial charge in [-0.15, -0.1) is 0 Å². The Balaban J connectivity index is 2.24. The van der Waals surface area contributed by atoms with Crippen LogP contribution in [0.5, 0.6) is 17.4 Å². The minimum atomic E-state index is -0.365. The number of pyridine rings is 1. The SMILES string of the molecule is COc1cc(Oc2cc(F)cc(Br)c2)ccn1. The zero-order valence-corrected chi connectivity index (χ0v) is 10.6. The molecule has 0 fully saturated rings. The van der Waals surface area contributed by atoms with Crippen LogP contribution in [0.2, 0.25) is 0 Å². The van der Waals surface area contributed by atoms with E-state index in [1.54, 1.807) is 24.4 Å². The number of rotatable bonds is 3. The lowest BCUT2D eigenvalue weighted by atomic mass is 10.3. The summed E-state index contributed by atoms with van der Waals surface area (Å²) in [5, 5.41) is 0. The molecule has 1 heterocycles. The third kappa shape index (κ3) is 3.17. The second-order valence-corrected chi connectivity index (χ2v) is 4.16. The number of benzene rings is 1. The number of aromatic nitrogens is 1. The lowest BCUT2D eigenvalue weighted by molar-refractivity contribution is 0.392. The van der Waals surface area contributed by atoms with E-state index in [0.717, 1.165) is 0 Å². The highest BCUT2D eigenvalue weighted by Crippen LogP contribution is 2.27. The van der Waals surface area contributed by atoms with Crippen LogP contribution < -0.4 is 9.47 Å². The smallest absolute Gasteiger partial charge is 0.216 e. The number of nitrogens with zero attached hydrogens (tertiary/aromatic N) is 1. The van der Waals surface area contributed by atoms with Crippen LogP contribution in [0, 0.1) is 5.82 Å². The molecule has 2 rings (SSSR count). The zero-order chi connectivity index (χ0) is 12.3. The molecular weight excluding hydrogens is 289 g/mol. The average molecular weight is 298 g/mol. The summed E-state index contributed by atoms with van der Waals surface area (Å²) in [5.74, 6) is 1.02. The Labute approximate surface area is 106 Å². The van der Waals surface area contributed by atoms with Crippen molar-refractivity contribution in [2.45, 2.75) is 0 Å². The molecule has 0 bridgehead atoms. The average Bonchev–Trinajstić information content (AvgIpc) is 2.28. The van der Waals surface area contributed by atoms with E-state index in [1.165, 1.54) is 19.2 Å². The summed E-state index contributed by atoms with van der Waals surface area (Å²) in [4.78, 5) is 3.95. The highest BCUT2D eigenvalue weighted by molar-refractivity contribution is 9.10. The number of hydrogen-bond donors (Lipinski definition) is 0. The fraction of sp³-hybridized carbons (Fsp3) is 0.0833. The molecule has 1 aromatic carbocycles. The molecule has 5 heteroatoms. The summed E-state index contributed by atoms with van der Waals surface area (Å²) in [6, 6.07) is 7.63. The van der Waals surface area contributed by atoms with Crippen molar-refractivity contribution in [1.82, 2.24) is 4.98 Å². The second kappa shape index (κ2) is 5.14. The third-order valence-corrected chi connectivity index (χ3v) is 2.45. The first-order valence-corrected chi connectivity index (χ1v) is 5.60. The van der Waals surface area contributed by atoms with Gasteiger partial charge in [-0.05, 0) is 18.2 Å². The van der Waals surface area contributed by atoms with Crippen LogP contribution in [0.15, 0.2) is 41.0 Å². The van der Waals surface area contributed by atoms with Gasteiger partial charge < -0.3 is 9.47 Å². The molecule has 0 saturated heterocycles. The molecule has 1 aromatic heterocycles. The summed E-state index contributed by atoms with van der Waals surface area (Å²) in [7, 11) is 1.52. The van der Waals surface area contributed by atoms with Crippen molar-refractivity contribution in [2.75, 3.05) is 7.11 Å². The molecule has 17 heavy (non-hydrogen) atoms. The van der Waals surface area contributed by atoms with Crippen LogP contribution in [-0.2, 0) is 0 Å². The first-order valence-electron chi connectivity index (χ1n) is 4.81. The topological polar surface area (TPSA) is 31.4 Å². The predicted molar refractivity (Wildman–Crippen MR) is 65.0 cm³/mol. The maximum Gasteiger partial charge on any atom is 0.216 e. The summed E-state index contributed by atoms with van der Waals surface area (Å²) in [5.41, 5.74) is 0. The van der Waals surface area contributed by atoms with Gasteiger partial charge >= 0.3 is 0 Å². The minimum absolute atomic E-state index is 0.365. The van der Waals surface area contributed by atoms with Gasteiger partial charge in [-0.2, -0.15) is 0 Å². The van der Waals surface area contributed by atoms with Gasteiger partial charge in [0.2, 0.25) is 5.88 Å². The first-order chi connectivity index (χ1) is 8.17. The van der Waals surface area contributed by atoms with Crippen molar-refractivity contribution in [3.8, 4) is 17.4 Å².